The minimum absolute atomic E-state index is 0.0159. The first kappa shape index (κ1) is 28.6. The van der Waals surface area contributed by atoms with E-state index in [-0.39, 0.29) is 24.2 Å². The monoisotopic (exact) mass is 559 g/mol. The third kappa shape index (κ3) is 4.37. The Hall–Kier alpha value is -3.88. The fourth-order valence-corrected chi connectivity index (χ4v) is 7.17. The maximum Gasteiger partial charge on any atom is 0.230 e. The Morgan fingerprint density at radius 2 is 1.83 bits per heavy atom. The molecule has 2 fully saturated rings. The molecule has 3 aliphatic carbocycles. The van der Waals surface area contributed by atoms with Gasteiger partial charge < -0.3 is 31.3 Å². The van der Waals surface area contributed by atoms with E-state index >= 15 is 0 Å². The van der Waals surface area contributed by atoms with Crippen LogP contribution in [0.1, 0.15) is 27.9 Å². The van der Waals surface area contributed by atoms with Crippen LogP contribution in [-0.4, -0.2) is 81.9 Å². The van der Waals surface area contributed by atoms with Crippen LogP contribution >= 0.6 is 0 Å². The van der Waals surface area contributed by atoms with Gasteiger partial charge in [-0.2, -0.15) is 0 Å². The lowest BCUT2D eigenvalue weighted by Gasteiger charge is -2.54. The van der Waals surface area contributed by atoms with Gasteiger partial charge in [-0.3, -0.25) is 19.2 Å². The van der Waals surface area contributed by atoms with Crippen LogP contribution in [0.5, 0.6) is 5.75 Å². The van der Waals surface area contributed by atoms with Crippen LogP contribution in [0.15, 0.2) is 36.4 Å². The predicted octanol–water partition coefficient (Wildman–Crippen LogP) is 0.0486. The van der Waals surface area contributed by atoms with Crippen LogP contribution < -0.4 is 11.1 Å². The number of fused-ring (bicyclic) bond motifs is 3. The number of Topliss-reactive ketones (excluding diaryl/α,β-unsaturated/α-hetero) is 3. The number of aliphatic hydroxyl groups is 2. The summed E-state index contributed by atoms with van der Waals surface area (Å²) in [7, 11) is 3.23. The molecule has 0 spiro atoms. The number of aromatic hydroxyl groups is 1. The van der Waals surface area contributed by atoms with Crippen LogP contribution in [-0.2, 0) is 27.3 Å². The van der Waals surface area contributed by atoms with Crippen molar-refractivity contribution in [2.75, 3.05) is 20.6 Å². The summed E-state index contributed by atoms with van der Waals surface area (Å²) in [4.78, 5) is 55.0. The molecule has 10 nitrogen and oxygen atoms in total. The third-order valence-corrected chi connectivity index (χ3v) is 8.99. The summed E-state index contributed by atoms with van der Waals surface area (Å²) in [5, 5.41) is 36.6. The van der Waals surface area contributed by atoms with Gasteiger partial charge in [-0.15, -0.1) is 6.42 Å². The van der Waals surface area contributed by atoms with E-state index in [9.17, 15) is 34.5 Å². The molecule has 10 heteroatoms. The summed E-state index contributed by atoms with van der Waals surface area (Å²) in [5.74, 6) is -6.69. The number of terminal acetylenes is 1. The summed E-state index contributed by atoms with van der Waals surface area (Å²) in [6, 6.07) is 9.85. The number of likely N-dealkylation sites (N-methyl/N-ethyl adjacent to an activating group) is 1. The second-order valence-electron chi connectivity index (χ2n) is 11.5. The fraction of sp³-hybridized carbons (Fsp3) is 0.419. The number of phenolic OH excluding ortho intramolecular Hbond substituents is 1. The standard InChI is InChI=1S/C31H33N3O7/c1-4-11-33-14-15-5-7-16(8-6-15)18-9-10-21(35)23-19(18)12-17-13-20-25(34(2)3)27(37)24(30(32)40)29(39)31(20,41)28(38)22(17)26(23)36/h1,5-10,17,20,22,24-25,27,33,35,37,41H,11-14H2,2-3H3,(H2,32,40)/t17-,20-,22?,24?,25?,27?,31-/m1/s1. The Morgan fingerprint density at radius 1 is 1.15 bits per heavy atom. The summed E-state index contributed by atoms with van der Waals surface area (Å²) in [6.45, 7) is 1.02. The van der Waals surface area contributed by atoms with Gasteiger partial charge in [0, 0.05) is 18.5 Å². The molecule has 0 radical (unpaired) electrons. The molecule has 0 heterocycles. The van der Waals surface area contributed by atoms with Crippen molar-refractivity contribution < 1.29 is 34.5 Å². The lowest BCUT2D eigenvalue weighted by Crippen LogP contribution is -2.75. The van der Waals surface area contributed by atoms with Crippen molar-refractivity contribution in [3.63, 3.8) is 0 Å². The Bertz CT molecular complexity index is 1480. The van der Waals surface area contributed by atoms with E-state index in [2.05, 4.69) is 11.2 Å². The molecule has 0 bridgehead atoms. The second kappa shape index (κ2) is 10.5. The molecular weight excluding hydrogens is 526 g/mol. The van der Waals surface area contributed by atoms with Gasteiger partial charge in [0.05, 0.1) is 24.1 Å². The number of carbonyl (C=O) groups is 4. The highest BCUT2D eigenvalue weighted by Crippen LogP contribution is 2.52. The topological polar surface area (TPSA) is 170 Å². The van der Waals surface area contributed by atoms with Crippen molar-refractivity contribution >= 4 is 23.3 Å². The van der Waals surface area contributed by atoms with Crippen LogP contribution in [0.2, 0.25) is 0 Å². The highest BCUT2D eigenvalue weighted by molar-refractivity contribution is 6.25. The first-order valence-electron chi connectivity index (χ1n) is 13.5. The molecule has 5 rings (SSSR count). The lowest BCUT2D eigenvalue weighted by atomic mass is 9.52. The molecule has 214 valence electrons. The van der Waals surface area contributed by atoms with E-state index in [0.717, 1.165) is 16.7 Å². The van der Waals surface area contributed by atoms with Crippen LogP contribution in [0.3, 0.4) is 0 Å². The zero-order valence-electron chi connectivity index (χ0n) is 22.8. The molecule has 0 aromatic heterocycles. The van der Waals surface area contributed by atoms with Crippen molar-refractivity contribution in [2.24, 2.45) is 29.4 Å². The predicted molar refractivity (Wildman–Crippen MR) is 148 cm³/mol. The smallest absolute Gasteiger partial charge is 0.230 e. The molecule has 6 N–H and O–H groups in total. The number of ketones is 3. The van der Waals surface area contributed by atoms with Gasteiger partial charge >= 0.3 is 0 Å². The molecule has 2 aromatic carbocycles. The number of hydrogen-bond donors (Lipinski definition) is 5. The number of benzene rings is 2. The van der Waals surface area contributed by atoms with Crippen LogP contribution in [0.4, 0.5) is 0 Å². The number of aliphatic hydroxyl groups excluding tert-OH is 1. The van der Waals surface area contributed by atoms with E-state index in [1.807, 2.05) is 24.3 Å². The number of primary amides is 1. The Labute approximate surface area is 237 Å². The zero-order valence-corrected chi connectivity index (χ0v) is 22.8. The zero-order chi connectivity index (χ0) is 29.8. The van der Waals surface area contributed by atoms with Gasteiger partial charge in [0.2, 0.25) is 5.91 Å². The first-order chi connectivity index (χ1) is 19.4. The number of nitrogens with two attached hydrogens (primary N) is 1. The highest BCUT2D eigenvalue weighted by Gasteiger charge is 2.69. The molecule has 1 amide bonds. The van der Waals surface area contributed by atoms with Gasteiger partial charge in [0.1, 0.15) is 11.7 Å². The van der Waals surface area contributed by atoms with Gasteiger partial charge in [0.15, 0.2) is 23.0 Å². The van der Waals surface area contributed by atoms with Gasteiger partial charge in [-0.25, -0.2) is 0 Å². The highest BCUT2D eigenvalue weighted by atomic mass is 16.3. The molecule has 41 heavy (non-hydrogen) atoms. The van der Waals surface area contributed by atoms with E-state index in [0.29, 0.717) is 18.7 Å². The summed E-state index contributed by atoms with van der Waals surface area (Å²) in [6.07, 6.45) is 4.04. The maximum atomic E-state index is 14.0. The number of nitrogens with zero attached hydrogens (tertiary/aromatic N) is 1. The number of carbonyl (C=O) groups excluding carboxylic acids is 4. The van der Waals surface area contributed by atoms with Gasteiger partial charge in [-0.05, 0) is 61.2 Å². The van der Waals surface area contributed by atoms with Crippen LogP contribution in [0.25, 0.3) is 11.1 Å². The Balaban J connectivity index is 1.57. The normalized spacial score (nSPS) is 30.8. The molecule has 4 unspecified atom stereocenters. The Kier molecular flexibility index (Phi) is 7.34. The van der Waals surface area contributed by atoms with Gasteiger partial charge in [0.25, 0.3) is 0 Å². The molecule has 2 aromatic rings. The molecular formula is C31H33N3O7. The largest absolute Gasteiger partial charge is 0.507 e. The Morgan fingerprint density at radius 3 is 2.44 bits per heavy atom. The van der Waals surface area contributed by atoms with Gasteiger partial charge in [-0.1, -0.05) is 36.3 Å². The van der Waals surface area contributed by atoms with E-state index in [4.69, 9.17) is 12.2 Å². The lowest BCUT2D eigenvalue weighted by molar-refractivity contribution is -0.190. The minimum atomic E-state index is -2.68. The molecule has 7 atom stereocenters. The van der Waals surface area contributed by atoms with Crippen molar-refractivity contribution in [2.45, 2.75) is 37.1 Å². The summed E-state index contributed by atoms with van der Waals surface area (Å²) < 4.78 is 0. The number of amides is 1. The third-order valence-electron chi connectivity index (χ3n) is 8.99. The summed E-state index contributed by atoms with van der Waals surface area (Å²) >= 11 is 0. The average molecular weight is 560 g/mol. The molecule has 0 saturated heterocycles. The molecule has 3 aliphatic rings. The van der Waals surface area contributed by atoms with Crippen molar-refractivity contribution in [3.8, 4) is 29.2 Å². The number of nitrogens with one attached hydrogen (secondary N) is 1. The maximum absolute atomic E-state index is 14.0. The molecule has 0 aliphatic heterocycles. The fourth-order valence-electron chi connectivity index (χ4n) is 7.17. The first-order valence-corrected chi connectivity index (χ1v) is 13.5. The number of hydrogen-bond acceptors (Lipinski definition) is 9. The van der Waals surface area contributed by atoms with Crippen molar-refractivity contribution in [1.82, 2.24) is 10.2 Å². The van der Waals surface area contributed by atoms with E-state index < -0.39 is 64.7 Å². The quantitative estimate of drug-likeness (QED) is 0.186. The van der Waals surface area contributed by atoms with E-state index in [1.165, 1.54) is 6.07 Å². The molecule has 2 saturated carbocycles. The summed E-state index contributed by atoms with van der Waals surface area (Å²) in [5.41, 5.74) is 5.84. The van der Waals surface area contributed by atoms with Crippen molar-refractivity contribution in [1.29, 1.82) is 0 Å². The SMILES string of the molecule is C#CCNCc1ccc(-c2ccc(O)c3c2C[C@@H]2C[C@@H]4C(N(C)C)C(O)C(C(N)=O)C(=O)[C@]4(O)C(=O)C2C3=O)cc1. The van der Waals surface area contributed by atoms with E-state index in [1.54, 1.807) is 25.1 Å². The minimum Gasteiger partial charge on any atom is -0.507 e. The second-order valence-corrected chi connectivity index (χ2v) is 11.5. The van der Waals surface area contributed by atoms with Crippen LogP contribution in [0, 0.1) is 36.0 Å². The number of phenols is 1. The van der Waals surface area contributed by atoms with Crippen molar-refractivity contribution in [3.05, 3.63) is 53.1 Å². The number of rotatable bonds is 6. The average Bonchev–Trinajstić information content (AvgIpc) is 2.91.